The van der Waals surface area contributed by atoms with Gasteiger partial charge in [0.25, 0.3) is 0 Å². The van der Waals surface area contributed by atoms with Gasteiger partial charge < -0.3 is 26.8 Å². The van der Waals surface area contributed by atoms with Crippen molar-refractivity contribution in [3.63, 3.8) is 0 Å². The topological polar surface area (TPSA) is 134 Å². The van der Waals surface area contributed by atoms with Gasteiger partial charge in [0.05, 0.1) is 5.41 Å². The van der Waals surface area contributed by atoms with Gasteiger partial charge in [0.15, 0.2) is 0 Å². The molecule has 0 aliphatic rings. The second kappa shape index (κ2) is 7.36. The van der Waals surface area contributed by atoms with Gasteiger partial charge in [-0.2, -0.15) is 0 Å². The first-order chi connectivity index (χ1) is 8.31. The van der Waals surface area contributed by atoms with E-state index in [1.807, 2.05) is 0 Å². The monoisotopic (exact) mass is 260 g/mol. The molecule has 0 fully saturated rings. The van der Waals surface area contributed by atoms with Crippen molar-refractivity contribution >= 4 is 18.0 Å². The summed E-state index contributed by atoms with van der Waals surface area (Å²) in [6.07, 6.45) is 0.409. The Kier molecular flexibility index (Phi) is 6.54. The third-order valence-electron chi connectivity index (χ3n) is 2.65. The molecule has 1 unspecified atom stereocenters. The number of hydrogen-bond donors (Lipinski definition) is 5. The van der Waals surface area contributed by atoms with Crippen LogP contribution in [0.15, 0.2) is 0 Å². The van der Waals surface area contributed by atoms with E-state index in [9.17, 15) is 14.4 Å². The molecule has 8 heteroatoms. The zero-order chi connectivity index (χ0) is 14.2. The number of urea groups is 2. The van der Waals surface area contributed by atoms with Crippen LogP contribution < -0.4 is 21.7 Å². The number of carbonyl (C=O) groups is 3. The molecule has 0 aliphatic carbocycles. The number of rotatable bonds is 7. The lowest BCUT2D eigenvalue weighted by Gasteiger charge is -2.23. The molecule has 18 heavy (non-hydrogen) atoms. The van der Waals surface area contributed by atoms with Gasteiger partial charge in [0, 0.05) is 19.6 Å². The summed E-state index contributed by atoms with van der Waals surface area (Å²) in [6.45, 7) is 3.76. The van der Waals surface area contributed by atoms with E-state index >= 15 is 0 Å². The maximum absolute atomic E-state index is 11.3. The molecule has 0 bridgehead atoms. The number of carboxylic acid groups (broad SMARTS) is 1. The Hall–Kier alpha value is -1.99. The summed E-state index contributed by atoms with van der Waals surface area (Å²) in [4.78, 5) is 32.6. The minimum absolute atomic E-state index is 0.0356. The van der Waals surface area contributed by atoms with Gasteiger partial charge in [-0.05, 0) is 13.3 Å². The van der Waals surface area contributed by atoms with E-state index < -0.39 is 23.4 Å². The molecule has 0 heterocycles. The van der Waals surface area contributed by atoms with E-state index in [4.69, 9.17) is 10.8 Å². The van der Waals surface area contributed by atoms with Gasteiger partial charge >= 0.3 is 18.0 Å². The van der Waals surface area contributed by atoms with Crippen LogP contribution in [-0.4, -0.2) is 42.8 Å². The fraction of sp³-hybridized carbons (Fsp3) is 0.700. The van der Waals surface area contributed by atoms with Crippen LogP contribution in [0.4, 0.5) is 9.59 Å². The van der Waals surface area contributed by atoms with E-state index in [1.54, 1.807) is 13.8 Å². The number of nitrogens with two attached hydrogens (primary N) is 1. The standard InChI is InChI=1S/C10H20N4O4/c1-3-10(2,7(15)16)6-14-9(18)13-5-4-12-8(11)17/h3-6H2,1-2H3,(H,15,16)(H3,11,12,17)(H2,13,14,18). The van der Waals surface area contributed by atoms with E-state index in [-0.39, 0.29) is 19.6 Å². The molecule has 0 radical (unpaired) electrons. The SMILES string of the molecule is CCC(C)(CNC(=O)NCCNC(N)=O)C(=O)O. The van der Waals surface area contributed by atoms with Gasteiger partial charge in [0.1, 0.15) is 0 Å². The first-order valence-electron chi connectivity index (χ1n) is 5.60. The Morgan fingerprint density at radius 2 is 1.72 bits per heavy atom. The van der Waals surface area contributed by atoms with Gasteiger partial charge in [-0.15, -0.1) is 0 Å². The number of amides is 4. The van der Waals surface area contributed by atoms with Crippen LogP contribution in [0, 0.1) is 5.41 Å². The summed E-state index contributed by atoms with van der Waals surface area (Å²) in [5.41, 5.74) is 3.85. The minimum atomic E-state index is -0.983. The fourth-order valence-electron chi connectivity index (χ4n) is 1.05. The van der Waals surface area contributed by atoms with Crippen LogP contribution in [0.1, 0.15) is 20.3 Å². The molecule has 4 amide bonds. The number of nitrogens with one attached hydrogen (secondary N) is 3. The highest BCUT2D eigenvalue weighted by Crippen LogP contribution is 2.19. The van der Waals surface area contributed by atoms with Crippen molar-refractivity contribution in [3.05, 3.63) is 0 Å². The predicted octanol–water partition coefficient (Wildman–Crippen LogP) is -0.545. The molecule has 0 rings (SSSR count). The number of primary amides is 1. The average molecular weight is 260 g/mol. The van der Waals surface area contributed by atoms with E-state index in [1.165, 1.54) is 0 Å². The zero-order valence-corrected chi connectivity index (χ0v) is 10.6. The van der Waals surface area contributed by atoms with Gasteiger partial charge in [-0.1, -0.05) is 6.92 Å². The zero-order valence-electron chi connectivity index (χ0n) is 10.6. The second-order valence-corrected chi connectivity index (χ2v) is 4.12. The van der Waals surface area contributed by atoms with Crippen LogP contribution in [0.5, 0.6) is 0 Å². The smallest absolute Gasteiger partial charge is 0.314 e. The Morgan fingerprint density at radius 1 is 1.17 bits per heavy atom. The van der Waals surface area contributed by atoms with Crippen molar-refractivity contribution in [2.24, 2.45) is 11.1 Å². The van der Waals surface area contributed by atoms with Crippen LogP contribution >= 0.6 is 0 Å². The second-order valence-electron chi connectivity index (χ2n) is 4.12. The van der Waals surface area contributed by atoms with Gasteiger partial charge in [-0.3, -0.25) is 4.79 Å². The summed E-state index contributed by atoms with van der Waals surface area (Å²) in [7, 11) is 0. The number of carboxylic acids is 1. The highest BCUT2D eigenvalue weighted by atomic mass is 16.4. The predicted molar refractivity (Wildman–Crippen MR) is 65.0 cm³/mol. The Labute approximate surface area is 105 Å². The van der Waals surface area contributed by atoms with Crippen LogP contribution in [0.3, 0.4) is 0 Å². The molecule has 0 aromatic carbocycles. The number of aliphatic carboxylic acids is 1. The van der Waals surface area contributed by atoms with Crippen molar-refractivity contribution in [3.8, 4) is 0 Å². The van der Waals surface area contributed by atoms with Crippen molar-refractivity contribution in [1.29, 1.82) is 0 Å². The molecule has 104 valence electrons. The lowest BCUT2D eigenvalue weighted by Crippen LogP contribution is -2.46. The molecule has 1 atom stereocenters. The van der Waals surface area contributed by atoms with Crippen molar-refractivity contribution in [2.75, 3.05) is 19.6 Å². The Morgan fingerprint density at radius 3 is 2.17 bits per heavy atom. The lowest BCUT2D eigenvalue weighted by molar-refractivity contribution is -0.147. The normalized spacial score (nSPS) is 13.2. The van der Waals surface area contributed by atoms with Crippen LogP contribution in [0.25, 0.3) is 0 Å². The summed E-state index contributed by atoms with van der Waals surface area (Å²) in [5, 5.41) is 16.2. The molecule has 0 aromatic rings. The first-order valence-corrected chi connectivity index (χ1v) is 5.60. The molecular weight excluding hydrogens is 240 g/mol. The molecule has 0 saturated heterocycles. The number of hydrogen-bond acceptors (Lipinski definition) is 3. The van der Waals surface area contributed by atoms with Crippen molar-refractivity contribution in [2.45, 2.75) is 20.3 Å². The van der Waals surface area contributed by atoms with Crippen LogP contribution in [-0.2, 0) is 4.79 Å². The average Bonchev–Trinajstić information content (AvgIpc) is 2.31. The summed E-state index contributed by atoms with van der Waals surface area (Å²) >= 11 is 0. The maximum Gasteiger partial charge on any atom is 0.314 e. The minimum Gasteiger partial charge on any atom is -0.481 e. The highest BCUT2D eigenvalue weighted by Gasteiger charge is 2.31. The summed E-state index contributed by atoms with van der Waals surface area (Å²) in [5.74, 6) is -0.958. The fourth-order valence-corrected chi connectivity index (χ4v) is 1.05. The van der Waals surface area contributed by atoms with Crippen molar-refractivity contribution in [1.82, 2.24) is 16.0 Å². The van der Waals surface area contributed by atoms with Crippen LogP contribution in [0.2, 0.25) is 0 Å². The largest absolute Gasteiger partial charge is 0.481 e. The highest BCUT2D eigenvalue weighted by molar-refractivity contribution is 5.77. The molecule has 0 saturated carbocycles. The quantitative estimate of drug-likeness (QED) is 0.393. The molecule has 0 aromatic heterocycles. The maximum atomic E-state index is 11.3. The molecule has 0 spiro atoms. The third kappa shape index (κ3) is 5.92. The van der Waals surface area contributed by atoms with Crippen molar-refractivity contribution < 1.29 is 19.5 Å². The Bertz CT molecular complexity index is 321. The van der Waals surface area contributed by atoms with E-state index in [2.05, 4.69) is 16.0 Å². The molecule has 8 nitrogen and oxygen atoms in total. The van der Waals surface area contributed by atoms with Gasteiger partial charge in [0.2, 0.25) is 0 Å². The number of carbonyl (C=O) groups excluding carboxylic acids is 2. The first kappa shape index (κ1) is 16.0. The molecular formula is C10H20N4O4. The molecule has 0 aliphatic heterocycles. The van der Waals surface area contributed by atoms with Gasteiger partial charge in [-0.25, -0.2) is 9.59 Å². The molecule has 6 N–H and O–H groups in total. The Balaban J connectivity index is 3.89. The third-order valence-corrected chi connectivity index (χ3v) is 2.65. The summed E-state index contributed by atoms with van der Waals surface area (Å²) < 4.78 is 0. The van der Waals surface area contributed by atoms with E-state index in [0.717, 1.165) is 0 Å². The lowest BCUT2D eigenvalue weighted by atomic mass is 9.88. The van der Waals surface area contributed by atoms with E-state index in [0.29, 0.717) is 6.42 Å². The summed E-state index contributed by atoms with van der Waals surface area (Å²) in [6, 6.07) is -1.15.